The Bertz CT molecular complexity index is 424. The van der Waals surface area contributed by atoms with Gasteiger partial charge >= 0.3 is 0 Å². The minimum Gasteiger partial charge on any atom is -0.312 e. The number of hydrogen-bond acceptors (Lipinski definition) is 3. The van der Waals surface area contributed by atoms with Gasteiger partial charge in [-0.3, -0.25) is 4.90 Å². The molecule has 2 aliphatic rings. The molecule has 1 heterocycles. The van der Waals surface area contributed by atoms with Crippen molar-refractivity contribution in [2.75, 3.05) is 40.3 Å². The molecular weight excluding hydrogens is 234 g/mol. The molecule has 0 aromatic heterocycles. The SMILES string of the molecule is CNC1c2ccccc2CCC1N1CCN(C)CC1. The summed E-state index contributed by atoms with van der Waals surface area (Å²) in [6.45, 7) is 4.83. The van der Waals surface area contributed by atoms with Gasteiger partial charge in [0.2, 0.25) is 0 Å². The number of nitrogens with one attached hydrogen (secondary N) is 1. The standard InChI is InChI=1S/C16H25N3/c1-17-16-14-6-4-3-5-13(14)7-8-15(16)19-11-9-18(2)10-12-19/h3-6,15-17H,7-12H2,1-2H3. The lowest BCUT2D eigenvalue weighted by Gasteiger charge is -2.44. The summed E-state index contributed by atoms with van der Waals surface area (Å²) in [6.07, 6.45) is 2.51. The first-order valence-electron chi connectivity index (χ1n) is 7.47. The van der Waals surface area contributed by atoms with Gasteiger partial charge < -0.3 is 10.2 Å². The van der Waals surface area contributed by atoms with Gasteiger partial charge in [0, 0.05) is 38.3 Å². The lowest BCUT2D eigenvalue weighted by Crippen LogP contribution is -2.53. The molecule has 2 unspecified atom stereocenters. The highest BCUT2D eigenvalue weighted by Gasteiger charge is 2.33. The van der Waals surface area contributed by atoms with E-state index in [4.69, 9.17) is 0 Å². The fourth-order valence-electron chi connectivity index (χ4n) is 3.64. The van der Waals surface area contributed by atoms with Gasteiger partial charge in [-0.25, -0.2) is 0 Å². The second kappa shape index (κ2) is 5.61. The van der Waals surface area contributed by atoms with Gasteiger partial charge in [-0.2, -0.15) is 0 Å². The van der Waals surface area contributed by atoms with Crippen LogP contribution in [0.5, 0.6) is 0 Å². The topological polar surface area (TPSA) is 18.5 Å². The fraction of sp³-hybridized carbons (Fsp3) is 0.625. The van der Waals surface area contributed by atoms with Crippen LogP contribution >= 0.6 is 0 Å². The molecule has 1 aliphatic heterocycles. The van der Waals surface area contributed by atoms with Crippen LogP contribution in [-0.4, -0.2) is 56.1 Å². The summed E-state index contributed by atoms with van der Waals surface area (Å²) in [6, 6.07) is 10.1. The van der Waals surface area contributed by atoms with Crippen LogP contribution in [-0.2, 0) is 6.42 Å². The van der Waals surface area contributed by atoms with Gasteiger partial charge in [0.15, 0.2) is 0 Å². The van der Waals surface area contributed by atoms with E-state index in [1.807, 2.05) is 0 Å². The fourth-order valence-corrected chi connectivity index (χ4v) is 3.64. The lowest BCUT2D eigenvalue weighted by atomic mass is 9.83. The van der Waals surface area contributed by atoms with Crippen LogP contribution < -0.4 is 5.32 Å². The zero-order valence-corrected chi connectivity index (χ0v) is 12.1. The van der Waals surface area contributed by atoms with Gasteiger partial charge in [-0.15, -0.1) is 0 Å². The Labute approximate surface area is 116 Å². The zero-order chi connectivity index (χ0) is 13.2. The van der Waals surface area contributed by atoms with Crippen LogP contribution in [0.3, 0.4) is 0 Å². The highest BCUT2D eigenvalue weighted by molar-refractivity contribution is 5.34. The summed E-state index contributed by atoms with van der Waals surface area (Å²) in [4.78, 5) is 5.12. The largest absolute Gasteiger partial charge is 0.312 e. The lowest BCUT2D eigenvalue weighted by molar-refractivity contribution is 0.0831. The number of piperazine rings is 1. The number of benzene rings is 1. The minimum absolute atomic E-state index is 0.494. The maximum atomic E-state index is 3.56. The third kappa shape index (κ3) is 2.55. The van der Waals surface area contributed by atoms with E-state index < -0.39 is 0 Å². The average molecular weight is 259 g/mol. The molecule has 1 aliphatic carbocycles. The number of nitrogens with zero attached hydrogens (tertiary/aromatic N) is 2. The Morgan fingerprint density at radius 3 is 2.58 bits per heavy atom. The highest BCUT2D eigenvalue weighted by atomic mass is 15.3. The Kier molecular flexibility index (Phi) is 3.87. The van der Waals surface area contributed by atoms with Crippen molar-refractivity contribution in [3.8, 4) is 0 Å². The maximum absolute atomic E-state index is 3.56. The smallest absolute Gasteiger partial charge is 0.0478 e. The third-order valence-corrected chi connectivity index (χ3v) is 4.80. The molecule has 1 saturated heterocycles. The summed E-state index contributed by atoms with van der Waals surface area (Å²) in [5, 5.41) is 3.56. The molecule has 0 radical (unpaired) electrons. The van der Waals surface area contributed by atoms with Crippen molar-refractivity contribution in [2.24, 2.45) is 0 Å². The molecule has 1 aromatic carbocycles. The predicted octanol–water partition coefficient (Wildman–Crippen LogP) is 1.51. The van der Waals surface area contributed by atoms with Crippen molar-refractivity contribution in [1.29, 1.82) is 0 Å². The van der Waals surface area contributed by atoms with Gasteiger partial charge in [0.1, 0.15) is 0 Å². The highest BCUT2D eigenvalue weighted by Crippen LogP contribution is 2.33. The molecule has 3 heteroatoms. The Morgan fingerprint density at radius 2 is 1.84 bits per heavy atom. The van der Waals surface area contributed by atoms with Crippen molar-refractivity contribution < 1.29 is 0 Å². The molecule has 3 nitrogen and oxygen atoms in total. The van der Waals surface area contributed by atoms with Crippen LogP contribution in [0.1, 0.15) is 23.6 Å². The molecule has 1 fully saturated rings. The van der Waals surface area contributed by atoms with Crippen molar-refractivity contribution in [2.45, 2.75) is 24.9 Å². The Morgan fingerprint density at radius 1 is 1.11 bits per heavy atom. The first-order valence-corrected chi connectivity index (χ1v) is 7.47. The van der Waals surface area contributed by atoms with E-state index in [1.54, 1.807) is 0 Å². The number of aryl methyl sites for hydroxylation is 1. The van der Waals surface area contributed by atoms with Crippen LogP contribution in [0.25, 0.3) is 0 Å². The summed E-state index contributed by atoms with van der Waals surface area (Å²) in [7, 11) is 4.33. The van der Waals surface area contributed by atoms with Gasteiger partial charge in [-0.05, 0) is 38.1 Å². The number of hydrogen-bond donors (Lipinski definition) is 1. The molecule has 1 N–H and O–H groups in total. The van der Waals surface area contributed by atoms with Crippen molar-refractivity contribution >= 4 is 0 Å². The summed E-state index contributed by atoms with van der Waals surface area (Å²) < 4.78 is 0. The summed E-state index contributed by atoms with van der Waals surface area (Å²) in [5.41, 5.74) is 3.05. The van der Waals surface area contributed by atoms with Crippen LogP contribution in [0.4, 0.5) is 0 Å². The van der Waals surface area contributed by atoms with E-state index in [-0.39, 0.29) is 0 Å². The molecule has 0 bridgehead atoms. The Hall–Kier alpha value is -0.900. The molecule has 3 rings (SSSR count). The van der Waals surface area contributed by atoms with E-state index in [0.29, 0.717) is 12.1 Å². The molecule has 1 aromatic rings. The van der Waals surface area contributed by atoms with Gasteiger partial charge in [-0.1, -0.05) is 24.3 Å². The molecule has 2 atom stereocenters. The monoisotopic (exact) mass is 259 g/mol. The molecule has 19 heavy (non-hydrogen) atoms. The van der Waals surface area contributed by atoms with Crippen molar-refractivity contribution in [1.82, 2.24) is 15.1 Å². The maximum Gasteiger partial charge on any atom is 0.0478 e. The van der Waals surface area contributed by atoms with Gasteiger partial charge in [0.25, 0.3) is 0 Å². The number of rotatable bonds is 2. The second-order valence-electron chi connectivity index (χ2n) is 5.91. The summed E-state index contributed by atoms with van der Waals surface area (Å²) in [5.74, 6) is 0. The molecule has 0 saturated carbocycles. The Balaban J connectivity index is 1.80. The first-order chi connectivity index (χ1) is 9.29. The van der Waals surface area contributed by atoms with Crippen LogP contribution in [0.2, 0.25) is 0 Å². The van der Waals surface area contributed by atoms with E-state index in [0.717, 1.165) is 0 Å². The molecule has 0 spiro atoms. The van der Waals surface area contributed by atoms with E-state index in [9.17, 15) is 0 Å². The third-order valence-electron chi connectivity index (χ3n) is 4.80. The van der Waals surface area contributed by atoms with Gasteiger partial charge in [0.05, 0.1) is 0 Å². The minimum atomic E-state index is 0.494. The summed E-state index contributed by atoms with van der Waals surface area (Å²) >= 11 is 0. The number of fused-ring (bicyclic) bond motifs is 1. The molecule has 0 amide bonds. The van der Waals surface area contributed by atoms with Crippen molar-refractivity contribution in [3.63, 3.8) is 0 Å². The van der Waals surface area contributed by atoms with Crippen LogP contribution in [0, 0.1) is 0 Å². The quantitative estimate of drug-likeness (QED) is 0.868. The van der Waals surface area contributed by atoms with E-state index in [1.165, 1.54) is 50.1 Å². The first kappa shape index (κ1) is 13.1. The second-order valence-corrected chi connectivity index (χ2v) is 5.91. The van der Waals surface area contributed by atoms with E-state index >= 15 is 0 Å². The average Bonchev–Trinajstić information content (AvgIpc) is 2.47. The zero-order valence-electron chi connectivity index (χ0n) is 12.1. The number of likely N-dealkylation sites (N-methyl/N-ethyl adjacent to an activating group) is 2. The van der Waals surface area contributed by atoms with Crippen LogP contribution in [0.15, 0.2) is 24.3 Å². The molecular formula is C16H25N3. The van der Waals surface area contributed by atoms with E-state index in [2.05, 4.69) is 53.5 Å². The van der Waals surface area contributed by atoms with Crippen molar-refractivity contribution in [3.05, 3.63) is 35.4 Å². The molecule has 104 valence electrons. The predicted molar refractivity (Wildman–Crippen MR) is 79.4 cm³/mol. The normalized spacial score (nSPS) is 29.2.